The molecule has 1 aromatic rings. The topological polar surface area (TPSA) is 73.2 Å². The molecule has 0 amide bonds. The van der Waals surface area contributed by atoms with Crippen LogP contribution >= 0.6 is 0 Å². The Labute approximate surface area is 125 Å². The summed E-state index contributed by atoms with van der Waals surface area (Å²) in [5.41, 5.74) is -0.458. The van der Waals surface area contributed by atoms with Crippen LogP contribution in [-0.4, -0.2) is 39.0 Å². The monoisotopic (exact) mass is 313 g/mol. The summed E-state index contributed by atoms with van der Waals surface area (Å²) in [5, 5.41) is 8.93. The molecule has 1 unspecified atom stereocenters. The van der Waals surface area contributed by atoms with E-state index < -0.39 is 21.4 Å². The van der Waals surface area contributed by atoms with Crippen molar-refractivity contribution in [3.05, 3.63) is 29.6 Å². The lowest BCUT2D eigenvalue weighted by molar-refractivity contribution is 0.282. The zero-order valence-corrected chi connectivity index (χ0v) is 13.2. The van der Waals surface area contributed by atoms with Crippen molar-refractivity contribution >= 4 is 10.0 Å². The fraction of sp³-hybridized carbons (Fsp3) is 0.500. The average molecular weight is 313 g/mol. The van der Waals surface area contributed by atoms with Crippen molar-refractivity contribution in [3.63, 3.8) is 0 Å². The Morgan fingerprint density at radius 2 is 2.00 bits per heavy atom. The quantitative estimate of drug-likeness (QED) is 0.831. The predicted octanol–water partition coefficient (Wildman–Crippen LogP) is 1.71. The van der Waals surface area contributed by atoms with E-state index in [2.05, 4.69) is 9.62 Å². The molecule has 116 valence electrons. The van der Waals surface area contributed by atoms with Crippen molar-refractivity contribution in [2.24, 2.45) is 0 Å². The minimum absolute atomic E-state index is 0.323. The molecule has 0 aliphatic carbocycles. The van der Waals surface area contributed by atoms with Crippen LogP contribution in [0, 0.1) is 17.1 Å². The maximum atomic E-state index is 13.5. The largest absolute Gasteiger partial charge is 0.302 e. The third-order valence-electron chi connectivity index (χ3n) is 3.16. The van der Waals surface area contributed by atoms with Gasteiger partial charge in [-0.2, -0.15) is 5.26 Å². The molecule has 0 spiro atoms. The van der Waals surface area contributed by atoms with E-state index in [0.29, 0.717) is 6.54 Å². The molecule has 0 saturated carbocycles. The van der Waals surface area contributed by atoms with Gasteiger partial charge in [0.2, 0.25) is 10.0 Å². The molecule has 0 aliphatic rings. The van der Waals surface area contributed by atoms with E-state index in [1.807, 2.05) is 13.8 Å². The Balaban J connectivity index is 2.98. The van der Waals surface area contributed by atoms with Gasteiger partial charge in [-0.3, -0.25) is 0 Å². The summed E-state index contributed by atoms with van der Waals surface area (Å²) >= 11 is 0. The zero-order valence-electron chi connectivity index (χ0n) is 12.4. The van der Waals surface area contributed by atoms with Crippen LogP contribution in [0.15, 0.2) is 23.1 Å². The third kappa shape index (κ3) is 4.49. The molecule has 5 nitrogen and oxygen atoms in total. The minimum atomic E-state index is -3.93. The van der Waals surface area contributed by atoms with Gasteiger partial charge in [0.1, 0.15) is 22.3 Å². The lowest BCUT2D eigenvalue weighted by Gasteiger charge is -2.23. The fourth-order valence-corrected chi connectivity index (χ4v) is 3.47. The number of nitrogens with zero attached hydrogens (tertiary/aromatic N) is 2. The number of rotatable bonds is 7. The summed E-state index contributed by atoms with van der Waals surface area (Å²) in [6.45, 7) is 7.89. The highest BCUT2D eigenvalue weighted by Gasteiger charge is 2.23. The van der Waals surface area contributed by atoms with Crippen LogP contribution in [0.2, 0.25) is 0 Å². The molecule has 1 atom stereocenters. The normalized spacial score (nSPS) is 13.1. The van der Waals surface area contributed by atoms with Crippen molar-refractivity contribution in [1.29, 1.82) is 5.26 Å². The van der Waals surface area contributed by atoms with Gasteiger partial charge >= 0.3 is 0 Å². The summed E-state index contributed by atoms with van der Waals surface area (Å²) in [7, 11) is -3.93. The molecule has 1 rings (SSSR count). The van der Waals surface area contributed by atoms with Crippen molar-refractivity contribution in [2.45, 2.75) is 31.7 Å². The Hall–Kier alpha value is -1.49. The van der Waals surface area contributed by atoms with Crippen LogP contribution in [0.4, 0.5) is 4.39 Å². The number of likely N-dealkylation sites (N-methyl/N-ethyl adjacent to an activating group) is 1. The fourth-order valence-electron chi connectivity index (χ4n) is 2.07. The zero-order chi connectivity index (χ0) is 16.0. The third-order valence-corrected chi connectivity index (χ3v) is 4.79. The highest BCUT2D eigenvalue weighted by atomic mass is 32.2. The van der Waals surface area contributed by atoms with Crippen molar-refractivity contribution in [3.8, 4) is 6.07 Å². The molecule has 0 fully saturated rings. The second-order valence-corrected chi connectivity index (χ2v) is 6.42. The molecule has 1 N–H and O–H groups in total. The second kappa shape index (κ2) is 7.50. The summed E-state index contributed by atoms with van der Waals surface area (Å²) in [6, 6.07) is 4.83. The first-order valence-corrected chi connectivity index (χ1v) is 8.27. The molecule has 7 heteroatoms. The summed E-state index contributed by atoms with van der Waals surface area (Å²) in [6.07, 6.45) is 0. The standard InChI is InChI=1S/C14H20FN3O2S/c1-4-18(5-2)10-11(3)17-21(19,20)14-8-6-7-13(15)12(14)9-16/h6-8,11,17H,4-5,10H2,1-3H3. The van der Waals surface area contributed by atoms with Gasteiger partial charge in [-0.05, 0) is 32.1 Å². The lowest BCUT2D eigenvalue weighted by Crippen LogP contribution is -2.42. The molecule has 0 aliphatic heterocycles. The van der Waals surface area contributed by atoms with Gasteiger partial charge in [-0.15, -0.1) is 0 Å². The van der Waals surface area contributed by atoms with E-state index in [1.165, 1.54) is 12.1 Å². The summed E-state index contributed by atoms with van der Waals surface area (Å²) in [5.74, 6) is -0.836. The van der Waals surface area contributed by atoms with Gasteiger partial charge in [0.15, 0.2) is 0 Å². The van der Waals surface area contributed by atoms with Crippen molar-refractivity contribution in [1.82, 2.24) is 9.62 Å². The molecular formula is C14H20FN3O2S. The van der Waals surface area contributed by atoms with E-state index >= 15 is 0 Å². The second-order valence-electron chi connectivity index (χ2n) is 4.73. The highest BCUT2D eigenvalue weighted by molar-refractivity contribution is 7.89. The average Bonchev–Trinajstić information content (AvgIpc) is 2.43. The Kier molecular flexibility index (Phi) is 6.27. The van der Waals surface area contributed by atoms with Crippen LogP contribution in [0.3, 0.4) is 0 Å². The maximum Gasteiger partial charge on any atom is 0.242 e. The van der Waals surface area contributed by atoms with Crippen molar-refractivity contribution < 1.29 is 12.8 Å². The van der Waals surface area contributed by atoms with Crippen LogP contribution < -0.4 is 4.72 Å². The molecular weight excluding hydrogens is 293 g/mol. The maximum absolute atomic E-state index is 13.5. The minimum Gasteiger partial charge on any atom is -0.302 e. The summed E-state index contributed by atoms with van der Waals surface area (Å²) < 4.78 is 40.6. The van der Waals surface area contributed by atoms with Crippen molar-refractivity contribution in [2.75, 3.05) is 19.6 Å². The molecule has 0 aromatic heterocycles. The predicted molar refractivity (Wildman–Crippen MR) is 78.7 cm³/mol. The van der Waals surface area contributed by atoms with E-state index in [-0.39, 0.29) is 10.9 Å². The first-order valence-electron chi connectivity index (χ1n) is 6.79. The van der Waals surface area contributed by atoms with Crippen LogP contribution in [0.1, 0.15) is 26.3 Å². The van der Waals surface area contributed by atoms with Gasteiger partial charge in [-0.25, -0.2) is 17.5 Å². The van der Waals surface area contributed by atoms with Gasteiger partial charge in [-0.1, -0.05) is 19.9 Å². The Morgan fingerprint density at radius 3 is 2.52 bits per heavy atom. The number of halogens is 1. The number of sulfonamides is 1. The summed E-state index contributed by atoms with van der Waals surface area (Å²) in [4.78, 5) is 1.75. The van der Waals surface area contributed by atoms with Gasteiger partial charge < -0.3 is 4.90 Å². The smallest absolute Gasteiger partial charge is 0.242 e. The molecule has 0 radical (unpaired) electrons. The van der Waals surface area contributed by atoms with Gasteiger partial charge in [0, 0.05) is 12.6 Å². The van der Waals surface area contributed by atoms with Crippen LogP contribution in [-0.2, 0) is 10.0 Å². The number of hydrogen-bond acceptors (Lipinski definition) is 4. The molecule has 0 bridgehead atoms. The number of hydrogen-bond donors (Lipinski definition) is 1. The van der Waals surface area contributed by atoms with E-state index in [1.54, 1.807) is 13.0 Å². The van der Waals surface area contributed by atoms with E-state index in [4.69, 9.17) is 5.26 Å². The number of nitriles is 1. The molecule has 0 saturated heterocycles. The van der Waals surface area contributed by atoms with Crippen LogP contribution in [0.5, 0.6) is 0 Å². The highest BCUT2D eigenvalue weighted by Crippen LogP contribution is 2.18. The SMILES string of the molecule is CCN(CC)CC(C)NS(=O)(=O)c1cccc(F)c1C#N. The van der Waals surface area contributed by atoms with Gasteiger partial charge in [0.25, 0.3) is 0 Å². The van der Waals surface area contributed by atoms with Crippen LogP contribution in [0.25, 0.3) is 0 Å². The van der Waals surface area contributed by atoms with E-state index in [9.17, 15) is 12.8 Å². The van der Waals surface area contributed by atoms with E-state index in [0.717, 1.165) is 19.2 Å². The first kappa shape index (κ1) is 17.6. The first-order chi connectivity index (χ1) is 9.85. The molecule has 1 aromatic carbocycles. The van der Waals surface area contributed by atoms with Gasteiger partial charge in [0.05, 0.1) is 0 Å². The Morgan fingerprint density at radius 1 is 1.38 bits per heavy atom. The molecule has 0 heterocycles. The Bertz CT molecular complexity index is 622. The lowest BCUT2D eigenvalue weighted by atomic mass is 10.2. The number of benzene rings is 1. The number of nitrogens with one attached hydrogen (secondary N) is 1. The molecule has 21 heavy (non-hydrogen) atoms.